The first-order valence-corrected chi connectivity index (χ1v) is 1.93. The maximum atomic E-state index is 8.36. The van der Waals surface area contributed by atoms with E-state index in [0.717, 1.165) is 0 Å². The molecule has 0 spiro atoms. The molecule has 7 heteroatoms. The van der Waals surface area contributed by atoms with Crippen LogP contribution in [0.2, 0.25) is 0 Å². The fraction of sp³-hybridized carbons (Fsp3) is 0. The zero-order valence-electron chi connectivity index (χ0n) is 5.61. The van der Waals surface area contributed by atoms with Gasteiger partial charge >= 0.3 is 51.4 Å². The minimum Gasteiger partial charge on any atom is -0.861 e. The molecule has 0 atom stereocenters. The van der Waals surface area contributed by atoms with E-state index in [2.05, 4.69) is 10.2 Å². The molecule has 1 aromatic heterocycles. The summed E-state index contributed by atoms with van der Waals surface area (Å²) in [4.78, 5) is 0. The van der Waals surface area contributed by atoms with Crippen LogP contribution in [-0.4, -0.2) is 28.4 Å². The molecule has 0 aliphatic rings. The van der Waals surface area contributed by atoms with Gasteiger partial charge in [0, 0.05) is 12.4 Å². The van der Waals surface area contributed by atoms with E-state index in [0.29, 0.717) is 0 Å². The van der Waals surface area contributed by atoms with Crippen LogP contribution < -0.4 is 56.4 Å². The van der Waals surface area contributed by atoms with Crippen LogP contribution in [0, 0.1) is 0 Å². The number of nitrogens with zero attached hydrogens (tertiary/aromatic N) is 1. The third-order valence-electron chi connectivity index (χ3n) is 0.406. The number of H-pyrrole nitrogens is 1. The van der Waals surface area contributed by atoms with E-state index < -0.39 is 0 Å². The van der Waals surface area contributed by atoms with Gasteiger partial charge in [-0.2, -0.15) is 5.10 Å². The molecule has 0 bridgehead atoms. The topological polar surface area (TPSA) is 103 Å². The van der Waals surface area contributed by atoms with Crippen LogP contribution in [0.5, 0.6) is 0 Å². The van der Waals surface area contributed by atoms with Gasteiger partial charge in [-0.1, -0.05) is 0 Å². The molecule has 0 saturated carbocycles. The molecule has 0 unspecified atom stereocenters. The van der Waals surface area contributed by atoms with E-state index >= 15 is 0 Å². The predicted molar refractivity (Wildman–Crippen MR) is 30.2 cm³/mol. The average Bonchev–Trinajstić information content (AvgIpc) is 2.17. The molecule has 4 N–H and O–H groups in total. The largest absolute Gasteiger partial charge is 1.00 e. The molecule has 0 amide bonds. The van der Waals surface area contributed by atoms with Crippen LogP contribution in [0.1, 0.15) is 0 Å². The van der Waals surface area contributed by atoms with Crippen LogP contribution in [-0.2, 0) is 0 Å². The Labute approximate surface area is 102 Å². The number of aromatic nitrogens is 2. The quantitative estimate of drug-likeness (QED) is 0.378. The molecule has 0 aromatic carbocycles. The van der Waals surface area contributed by atoms with Gasteiger partial charge in [0.1, 0.15) is 0 Å². The fourth-order valence-electron chi connectivity index (χ4n) is 0.215. The number of hydrogen-bond donors (Lipinski definition) is 2. The first kappa shape index (κ1) is 17.0. The molecule has 1 radical (unpaired) electrons. The second kappa shape index (κ2) is 16.4. The van der Waals surface area contributed by atoms with Crippen LogP contribution in [0.25, 0.3) is 0 Å². The van der Waals surface area contributed by atoms with Crippen molar-refractivity contribution in [1.82, 2.24) is 10.2 Å². The van der Waals surface area contributed by atoms with Gasteiger partial charge in [-0.05, 0) is 6.07 Å². The van der Waals surface area contributed by atoms with Crippen molar-refractivity contribution in [2.45, 2.75) is 0 Å². The Morgan fingerprint density at radius 3 is 2.20 bits per heavy atom. The van der Waals surface area contributed by atoms with E-state index in [4.69, 9.17) is 10.0 Å². The SMILES string of the molecule is O.[K+].[O-][B]O.c1cn[nH]c1. The summed E-state index contributed by atoms with van der Waals surface area (Å²) in [5, 5.41) is 21.5. The number of nitrogens with one attached hydrogen (secondary N) is 1. The second-order valence-corrected chi connectivity index (χ2v) is 0.872. The Kier molecular flexibility index (Phi) is 28.0. The zero-order chi connectivity index (χ0) is 6.24. The van der Waals surface area contributed by atoms with Gasteiger partial charge in [-0.15, -0.1) is 0 Å². The molecular weight excluding hydrogens is 162 g/mol. The molecule has 1 heterocycles. The van der Waals surface area contributed by atoms with Crippen LogP contribution >= 0.6 is 0 Å². The third-order valence-corrected chi connectivity index (χ3v) is 0.406. The summed E-state index contributed by atoms with van der Waals surface area (Å²) in [7, 11) is -0.250. The number of aromatic amines is 1. The fourth-order valence-corrected chi connectivity index (χ4v) is 0.215. The van der Waals surface area contributed by atoms with Gasteiger partial charge in [-0.3, -0.25) is 5.10 Å². The Morgan fingerprint density at radius 1 is 1.60 bits per heavy atom. The van der Waals surface area contributed by atoms with E-state index in [9.17, 15) is 0 Å². The minimum atomic E-state index is -0.250. The van der Waals surface area contributed by atoms with Crippen molar-refractivity contribution in [1.29, 1.82) is 0 Å². The van der Waals surface area contributed by atoms with Crippen molar-refractivity contribution in [3.8, 4) is 0 Å². The summed E-state index contributed by atoms with van der Waals surface area (Å²) >= 11 is 0. The Balaban J connectivity index is -0.0000000900. The summed E-state index contributed by atoms with van der Waals surface area (Å²) < 4.78 is 0. The molecule has 0 fully saturated rings. The van der Waals surface area contributed by atoms with E-state index in [1.807, 2.05) is 6.07 Å². The Bertz CT molecular complexity index is 88.6. The molecule has 51 valence electrons. The molecule has 0 saturated heterocycles. The Morgan fingerprint density at radius 2 is 2.10 bits per heavy atom. The molecular formula is C3H7BKN2O3. The van der Waals surface area contributed by atoms with Gasteiger partial charge in [-0.25, -0.2) is 0 Å². The monoisotopic (exact) mass is 169 g/mol. The van der Waals surface area contributed by atoms with Crippen molar-refractivity contribution in [3.05, 3.63) is 18.5 Å². The minimum absolute atomic E-state index is 0. The standard InChI is InChI=1S/C3H4N2.BHO2.K.H2O/c1-2-4-5-3-1;2-1-3;;/h1-3H,(H,4,5);2H;;1H2/q;-1;+1;. The molecule has 0 aliphatic heterocycles. The predicted octanol–water partition coefficient (Wildman–Crippen LogP) is -5.54. The molecule has 10 heavy (non-hydrogen) atoms. The molecule has 5 nitrogen and oxygen atoms in total. The van der Waals surface area contributed by atoms with Crippen LogP contribution in [0.3, 0.4) is 0 Å². The van der Waals surface area contributed by atoms with Gasteiger partial charge in [0.05, 0.1) is 0 Å². The van der Waals surface area contributed by atoms with E-state index in [1.165, 1.54) is 0 Å². The summed E-state index contributed by atoms with van der Waals surface area (Å²) in [5.74, 6) is 0. The van der Waals surface area contributed by atoms with E-state index in [-0.39, 0.29) is 64.5 Å². The van der Waals surface area contributed by atoms with Crippen molar-refractivity contribution in [2.24, 2.45) is 0 Å². The van der Waals surface area contributed by atoms with Gasteiger partial charge in [0.15, 0.2) is 7.69 Å². The number of rotatable bonds is 0. The first-order chi connectivity index (χ1) is 3.91. The summed E-state index contributed by atoms with van der Waals surface area (Å²) in [6.45, 7) is 0. The zero-order valence-corrected chi connectivity index (χ0v) is 8.74. The maximum Gasteiger partial charge on any atom is 1.00 e. The average molecular weight is 169 g/mol. The van der Waals surface area contributed by atoms with Gasteiger partial charge in [0.25, 0.3) is 0 Å². The van der Waals surface area contributed by atoms with Gasteiger partial charge < -0.3 is 15.5 Å². The summed E-state index contributed by atoms with van der Waals surface area (Å²) in [6, 6.07) is 1.83. The summed E-state index contributed by atoms with van der Waals surface area (Å²) in [5.41, 5.74) is 0. The van der Waals surface area contributed by atoms with Crippen LogP contribution in [0.4, 0.5) is 0 Å². The first-order valence-electron chi connectivity index (χ1n) is 1.93. The molecule has 0 aliphatic carbocycles. The second-order valence-electron chi connectivity index (χ2n) is 0.872. The Hall–Kier alpha value is 0.791. The van der Waals surface area contributed by atoms with Crippen molar-refractivity contribution >= 4 is 7.69 Å². The smallest absolute Gasteiger partial charge is 0.861 e. The normalized spacial score (nSPS) is 5.40. The van der Waals surface area contributed by atoms with Gasteiger partial charge in [0.2, 0.25) is 0 Å². The van der Waals surface area contributed by atoms with Crippen molar-refractivity contribution in [3.63, 3.8) is 0 Å². The third kappa shape index (κ3) is 15.9. The van der Waals surface area contributed by atoms with Crippen molar-refractivity contribution < 1.29 is 66.9 Å². The van der Waals surface area contributed by atoms with Crippen molar-refractivity contribution in [2.75, 3.05) is 0 Å². The summed E-state index contributed by atoms with van der Waals surface area (Å²) in [6.07, 6.45) is 3.46. The van der Waals surface area contributed by atoms with Crippen LogP contribution in [0.15, 0.2) is 18.5 Å². The number of hydrogen-bond acceptors (Lipinski definition) is 3. The van der Waals surface area contributed by atoms with E-state index in [1.54, 1.807) is 12.4 Å². The molecule has 1 rings (SSSR count). The molecule has 1 aromatic rings. The maximum absolute atomic E-state index is 8.36.